The van der Waals surface area contributed by atoms with E-state index in [4.69, 9.17) is 13.9 Å². The lowest BCUT2D eigenvalue weighted by molar-refractivity contribution is -0.152. The summed E-state index contributed by atoms with van der Waals surface area (Å²) in [6.07, 6.45) is -0.450. The Hall–Kier alpha value is -4.16. The van der Waals surface area contributed by atoms with E-state index in [1.807, 2.05) is 0 Å². The second kappa shape index (κ2) is 12.0. The lowest BCUT2D eigenvalue weighted by Gasteiger charge is -2.21. The number of pyridine rings is 1. The highest BCUT2D eigenvalue weighted by Crippen LogP contribution is 2.30. The first-order valence-electron chi connectivity index (χ1n) is 12.1. The number of amides is 1. The molecule has 0 bridgehead atoms. The number of aryl methyl sites for hydroxylation is 1. The summed E-state index contributed by atoms with van der Waals surface area (Å²) in [5.74, 6) is -2.00. The van der Waals surface area contributed by atoms with Gasteiger partial charge in [0.05, 0.1) is 12.2 Å². The van der Waals surface area contributed by atoms with Gasteiger partial charge in [-0.3, -0.25) is 14.7 Å². The molecule has 1 N–H and O–H groups in total. The number of alkyl halides is 3. The van der Waals surface area contributed by atoms with E-state index in [0.29, 0.717) is 17.1 Å². The van der Waals surface area contributed by atoms with Gasteiger partial charge in [-0.25, -0.2) is 9.18 Å². The summed E-state index contributed by atoms with van der Waals surface area (Å²) in [5.41, 5.74) is -2.96. The Kier molecular flexibility index (Phi) is 8.79. The van der Waals surface area contributed by atoms with E-state index < -0.39 is 58.2 Å². The molecule has 226 valence electrons. The van der Waals surface area contributed by atoms with E-state index in [2.05, 4.69) is 19.5 Å². The first-order valence-corrected chi connectivity index (χ1v) is 13.5. The minimum Gasteiger partial charge on any atom is -0.460 e. The average Bonchev–Trinajstić information content (AvgIpc) is 3.52. The molecule has 2 aromatic heterocycles. The summed E-state index contributed by atoms with van der Waals surface area (Å²) in [5, 5.41) is 7.60. The van der Waals surface area contributed by atoms with E-state index in [1.54, 1.807) is 24.5 Å². The highest BCUT2D eigenvalue weighted by Gasteiger charge is 2.48. The summed E-state index contributed by atoms with van der Waals surface area (Å²) < 4.78 is 94.0. The Balaban J connectivity index is 1.36. The Labute approximate surface area is 235 Å². The molecular weight excluding hydrogens is 594 g/mol. The number of carbonyl (C=O) groups is 2. The molecule has 1 fully saturated rings. The number of rotatable bonds is 10. The van der Waals surface area contributed by atoms with Crippen molar-refractivity contribution in [1.82, 2.24) is 20.7 Å². The SMILES string of the molecule is Cc1nnc(-c2ccc(-c3ccc(N4C[C@H](COC(=O)[C@@H](NOS(=O)(=O)C(F)(F)F)C(C)C)OC4=O)cc3F)cn2)o1. The van der Waals surface area contributed by atoms with Crippen molar-refractivity contribution >= 4 is 27.9 Å². The van der Waals surface area contributed by atoms with Gasteiger partial charge in [0.1, 0.15) is 24.2 Å². The van der Waals surface area contributed by atoms with Crippen LogP contribution in [0.3, 0.4) is 0 Å². The van der Waals surface area contributed by atoms with Gasteiger partial charge in [-0.05, 0) is 30.2 Å². The van der Waals surface area contributed by atoms with E-state index in [1.165, 1.54) is 32.2 Å². The molecule has 42 heavy (non-hydrogen) atoms. The number of hydrogen-bond acceptors (Lipinski definition) is 12. The minimum atomic E-state index is -6.01. The van der Waals surface area contributed by atoms with Crippen LogP contribution in [0.5, 0.6) is 0 Å². The van der Waals surface area contributed by atoms with E-state index in [-0.39, 0.29) is 23.7 Å². The molecule has 0 unspecified atom stereocenters. The van der Waals surface area contributed by atoms with Crippen LogP contribution in [-0.2, 0) is 28.7 Å². The van der Waals surface area contributed by atoms with Crippen molar-refractivity contribution in [3.05, 3.63) is 48.2 Å². The van der Waals surface area contributed by atoms with Crippen LogP contribution >= 0.6 is 0 Å². The molecule has 13 nitrogen and oxygen atoms in total. The van der Waals surface area contributed by atoms with Gasteiger partial charge in [-0.1, -0.05) is 19.9 Å². The Morgan fingerprint density at radius 3 is 2.52 bits per heavy atom. The maximum absolute atomic E-state index is 15.0. The summed E-state index contributed by atoms with van der Waals surface area (Å²) in [4.78, 5) is 30.1. The highest BCUT2D eigenvalue weighted by molar-refractivity contribution is 7.87. The number of ether oxygens (including phenoxy) is 2. The largest absolute Gasteiger partial charge is 0.524 e. The lowest BCUT2D eigenvalue weighted by Crippen LogP contribution is -2.45. The molecule has 2 atom stereocenters. The number of nitrogens with zero attached hydrogens (tertiary/aromatic N) is 4. The molecule has 0 spiro atoms. The van der Waals surface area contributed by atoms with Crippen LogP contribution in [0.15, 0.2) is 40.9 Å². The van der Waals surface area contributed by atoms with Crippen molar-refractivity contribution in [3.8, 4) is 22.7 Å². The van der Waals surface area contributed by atoms with Gasteiger partial charge in [0.15, 0.2) is 6.10 Å². The lowest BCUT2D eigenvalue weighted by atomic mass is 10.1. The van der Waals surface area contributed by atoms with Crippen LogP contribution in [0.1, 0.15) is 19.7 Å². The second-order valence-corrected chi connectivity index (χ2v) is 10.8. The molecule has 1 amide bonds. The quantitative estimate of drug-likeness (QED) is 0.153. The maximum atomic E-state index is 15.0. The minimum absolute atomic E-state index is 0.147. The van der Waals surface area contributed by atoms with Gasteiger partial charge in [-0.2, -0.15) is 31.4 Å². The Bertz CT molecular complexity index is 1560. The summed E-state index contributed by atoms with van der Waals surface area (Å²) in [6, 6.07) is 5.61. The molecule has 18 heteroatoms. The third kappa shape index (κ3) is 6.82. The summed E-state index contributed by atoms with van der Waals surface area (Å²) >= 11 is 0. The van der Waals surface area contributed by atoms with Crippen molar-refractivity contribution in [3.63, 3.8) is 0 Å². The first kappa shape index (κ1) is 30.8. The van der Waals surface area contributed by atoms with Crippen LogP contribution in [-0.4, -0.2) is 66.5 Å². The molecule has 4 rings (SSSR count). The predicted molar refractivity (Wildman–Crippen MR) is 134 cm³/mol. The molecule has 3 heterocycles. The van der Waals surface area contributed by atoms with E-state index in [9.17, 15) is 31.2 Å². The van der Waals surface area contributed by atoms with Crippen molar-refractivity contribution < 1.29 is 53.7 Å². The van der Waals surface area contributed by atoms with Crippen LogP contribution in [0.4, 0.5) is 28.0 Å². The topological polar surface area (TPSA) is 163 Å². The van der Waals surface area contributed by atoms with Gasteiger partial charge < -0.3 is 13.9 Å². The Morgan fingerprint density at radius 2 is 1.95 bits per heavy atom. The fourth-order valence-electron chi connectivity index (χ4n) is 3.69. The predicted octanol–water partition coefficient (Wildman–Crippen LogP) is 3.51. The fourth-order valence-corrected chi connectivity index (χ4v) is 4.01. The van der Waals surface area contributed by atoms with Crippen molar-refractivity contribution in [2.75, 3.05) is 18.1 Å². The zero-order chi connectivity index (χ0) is 30.8. The maximum Gasteiger partial charge on any atom is 0.524 e. The van der Waals surface area contributed by atoms with Crippen LogP contribution in [0, 0.1) is 18.7 Å². The van der Waals surface area contributed by atoms with Gasteiger partial charge in [0.2, 0.25) is 5.89 Å². The standard InChI is InChI=1S/C24H23F4N5O8S/c1-12(2)20(32-41-42(36,37)24(26,27)28)22(34)38-11-16-10-33(23(35)40-16)15-5-6-17(18(25)8-15)14-4-7-19(29-9-14)21-31-30-13(3)39-21/h4-9,12,16,20,32H,10-11H2,1-3H3/t16-,20+/m1/s1. The molecule has 3 aromatic rings. The van der Waals surface area contributed by atoms with E-state index >= 15 is 4.39 Å². The molecule has 1 aliphatic heterocycles. The molecule has 1 aromatic carbocycles. The smallest absolute Gasteiger partial charge is 0.460 e. The van der Waals surface area contributed by atoms with Gasteiger partial charge in [0.25, 0.3) is 5.89 Å². The Morgan fingerprint density at radius 1 is 1.21 bits per heavy atom. The number of esters is 1. The number of aromatic nitrogens is 3. The number of anilines is 1. The van der Waals surface area contributed by atoms with E-state index in [0.717, 1.165) is 11.0 Å². The van der Waals surface area contributed by atoms with Crippen LogP contribution in [0.25, 0.3) is 22.7 Å². The molecule has 1 saturated heterocycles. The number of carbonyl (C=O) groups excluding carboxylic acids is 2. The molecule has 0 radical (unpaired) electrons. The van der Waals surface area contributed by atoms with Crippen molar-refractivity contribution in [1.29, 1.82) is 0 Å². The fraction of sp³-hybridized carbons (Fsp3) is 0.375. The summed E-state index contributed by atoms with van der Waals surface area (Å²) in [7, 11) is -6.01. The average molecular weight is 618 g/mol. The number of nitrogens with one attached hydrogen (secondary N) is 1. The van der Waals surface area contributed by atoms with Gasteiger partial charge in [0, 0.05) is 24.2 Å². The molecule has 0 saturated carbocycles. The summed E-state index contributed by atoms with van der Waals surface area (Å²) in [6.45, 7) is 3.76. The van der Waals surface area contributed by atoms with Crippen LogP contribution < -0.4 is 10.4 Å². The molecular formula is C24H23F4N5O8S. The number of hydroxylamine groups is 1. The van der Waals surface area contributed by atoms with Gasteiger partial charge in [-0.15, -0.1) is 10.2 Å². The second-order valence-electron chi connectivity index (χ2n) is 9.29. The monoisotopic (exact) mass is 617 g/mol. The first-order chi connectivity index (χ1) is 19.7. The highest BCUT2D eigenvalue weighted by atomic mass is 32.2. The van der Waals surface area contributed by atoms with Crippen molar-refractivity contribution in [2.24, 2.45) is 5.92 Å². The number of benzene rings is 1. The number of cyclic esters (lactones) is 1. The normalized spacial score (nSPS) is 16.5. The third-order valence-electron chi connectivity index (χ3n) is 5.86. The molecule has 1 aliphatic rings. The zero-order valence-corrected chi connectivity index (χ0v) is 22.9. The molecule has 0 aliphatic carbocycles. The number of halogens is 4. The zero-order valence-electron chi connectivity index (χ0n) is 22.1. The van der Waals surface area contributed by atoms with Gasteiger partial charge >= 0.3 is 27.7 Å². The third-order valence-corrected chi connectivity index (χ3v) is 6.74. The van der Waals surface area contributed by atoms with Crippen LogP contribution in [0.2, 0.25) is 0 Å². The number of hydrogen-bond donors (Lipinski definition) is 1. The van der Waals surface area contributed by atoms with Crippen molar-refractivity contribution in [2.45, 2.75) is 38.4 Å².